The Labute approximate surface area is 179 Å². The Morgan fingerprint density at radius 1 is 1.00 bits per heavy atom. The topological polar surface area (TPSA) is 64.1 Å². The molecule has 5 nitrogen and oxygen atoms in total. The van der Waals surface area contributed by atoms with Crippen LogP contribution < -0.4 is 5.32 Å². The van der Waals surface area contributed by atoms with Gasteiger partial charge in [0.05, 0.1) is 18.9 Å². The maximum absolute atomic E-state index is 12.5. The van der Waals surface area contributed by atoms with Gasteiger partial charge >= 0.3 is 0 Å². The number of hydrogen-bond donors (Lipinski definition) is 1. The number of rotatable bonds is 5. The first kappa shape index (κ1) is 18.3. The molecule has 0 atom stereocenters. The summed E-state index contributed by atoms with van der Waals surface area (Å²) >= 11 is 1.18. The molecule has 6 rings (SSSR count). The molecule has 3 aliphatic rings. The van der Waals surface area contributed by atoms with Gasteiger partial charge in [-0.2, -0.15) is 0 Å². The lowest BCUT2D eigenvalue weighted by Crippen LogP contribution is -2.19. The molecular weight excluding hydrogens is 394 g/mol. The Kier molecular flexibility index (Phi) is 4.50. The van der Waals surface area contributed by atoms with Gasteiger partial charge in [-0.15, -0.1) is 0 Å². The summed E-state index contributed by atoms with van der Waals surface area (Å²) in [5.74, 6) is 1.62. The Morgan fingerprint density at radius 2 is 1.83 bits per heavy atom. The van der Waals surface area contributed by atoms with Crippen LogP contribution in [0.4, 0.5) is 11.5 Å². The minimum Gasteiger partial charge on any atom is -0.370 e. The van der Waals surface area contributed by atoms with E-state index in [2.05, 4.69) is 46.7 Å². The smallest absolute Gasteiger partial charge is 0.199 e. The van der Waals surface area contributed by atoms with E-state index in [0.717, 1.165) is 42.0 Å². The van der Waals surface area contributed by atoms with Crippen LogP contribution in [0.15, 0.2) is 41.6 Å². The van der Waals surface area contributed by atoms with Crippen molar-refractivity contribution in [1.82, 2.24) is 9.97 Å². The number of fused-ring (bicyclic) bond motifs is 2. The molecule has 0 saturated heterocycles. The molecule has 0 bridgehead atoms. The molecule has 0 spiro atoms. The lowest BCUT2D eigenvalue weighted by molar-refractivity contribution is -0.116. The van der Waals surface area contributed by atoms with E-state index in [1.54, 1.807) is 0 Å². The number of benzene rings is 2. The third kappa shape index (κ3) is 3.28. The molecule has 2 aromatic carbocycles. The van der Waals surface area contributed by atoms with Crippen LogP contribution in [-0.4, -0.2) is 15.1 Å². The molecule has 0 unspecified atom stereocenters. The molecule has 2 saturated carbocycles. The standard InChI is InChI=1S/C24H23N3O2S/c28-23(15-4-3-5-15)30-24-26-21-13-29-12-19(21)22(27-24)25-20-11-10-16(14-8-9-14)17-6-1-2-7-18(17)20/h1-2,6-7,10-11,14-15H,3-5,8-9,12-13H2,(H,25,26,27). The van der Waals surface area contributed by atoms with Crippen molar-refractivity contribution >= 4 is 39.2 Å². The lowest BCUT2D eigenvalue weighted by Gasteiger charge is -2.22. The molecule has 30 heavy (non-hydrogen) atoms. The van der Waals surface area contributed by atoms with Gasteiger partial charge in [0, 0.05) is 22.6 Å². The van der Waals surface area contributed by atoms with Crippen molar-refractivity contribution in [2.45, 2.75) is 56.4 Å². The van der Waals surface area contributed by atoms with Gasteiger partial charge in [0.15, 0.2) is 10.3 Å². The highest BCUT2D eigenvalue weighted by Crippen LogP contribution is 2.45. The molecule has 1 aliphatic heterocycles. The third-order valence-electron chi connectivity index (χ3n) is 6.42. The number of anilines is 2. The van der Waals surface area contributed by atoms with Gasteiger partial charge in [0.2, 0.25) is 0 Å². The van der Waals surface area contributed by atoms with Crippen molar-refractivity contribution in [3.8, 4) is 0 Å². The highest BCUT2D eigenvalue weighted by Gasteiger charge is 2.29. The van der Waals surface area contributed by atoms with E-state index in [9.17, 15) is 4.79 Å². The molecule has 6 heteroatoms. The minimum atomic E-state index is 0.165. The first-order valence-electron chi connectivity index (χ1n) is 10.7. The van der Waals surface area contributed by atoms with Gasteiger partial charge in [-0.05, 0) is 60.4 Å². The average molecular weight is 418 g/mol. The van der Waals surface area contributed by atoms with Gasteiger partial charge in [-0.25, -0.2) is 9.97 Å². The zero-order chi connectivity index (χ0) is 20.1. The summed E-state index contributed by atoms with van der Waals surface area (Å²) in [6.07, 6.45) is 5.69. The largest absolute Gasteiger partial charge is 0.370 e. The second-order valence-corrected chi connectivity index (χ2v) is 9.44. The minimum absolute atomic E-state index is 0.165. The van der Waals surface area contributed by atoms with Crippen LogP contribution in [0.2, 0.25) is 0 Å². The van der Waals surface area contributed by atoms with Crippen LogP contribution in [0.3, 0.4) is 0 Å². The fourth-order valence-corrected chi connectivity index (χ4v) is 5.18. The molecule has 2 fully saturated rings. The highest BCUT2D eigenvalue weighted by molar-refractivity contribution is 8.13. The Bertz CT molecular complexity index is 1150. The number of nitrogens with zero attached hydrogens (tertiary/aromatic N) is 2. The number of nitrogens with one attached hydrogen (secondary N) is 1. The monoisotopic (exact) mass is 417 g/mol. The summed E-state index contributed by atoms with van der Waals surface area (Å²) < 4.78 is 5.64. The fraction of sp³-hybridized carbons (Fsp3) is 0.375. The van der Waals surface area contributed by atoms with E-state index in [1.807, 2.05) is 0 Å². The first-order chi connectivity index (χ1) is 14.8. The quantitative estimate of drug-likeness (QED) is 0.424. The normalized spacial score (nSPS) is 18.3. The number of thioether (sulfide) groups is 1. The molecule has 3 aromatic rings. The number of aromatic nitrogens is 2. The zero-order valence-corrected chi connectivity index (χ0v) is 17.5. The average Bonchev–Trinajstić information content (AvgIpc) is 3.43. The Balaban J connectivity index is 1.37. The van der Waals surface area contributed by atoms with Gasteiger partial charge in [0.25, 0.3) is 0 Å². The summed E-state index contributed by atoms with van der Waals surface area (Å²) in [5, 5.41) is 6.77. The van der Waals surface area contributed by atoms with Crippen LogP contribution >= 0.6 is 11.8 Å². The van der Waals surface area contributed by atoms with E-state index < -0.39 is 0 Å². The van der Waals surface area contributed by atoms with Crippen LogP contribution in [0, 0.1) is 5.92 Å². The molecule has 1 N–H and O–H groups in total. The third-order valence-corrected chi connectivity index (χ3v) is 7.32. The Morgan fingerprint density at radius 3 is 2.60 bits per heavy atom. The van der Waals surface area contributed by atoms with Gasteiger partial charge < -0.3 is 10.1 Å². The van der Waals surface area contributed by atoms with Crippen LogP contribution in [0.5, 0.6) is 0 Å². The van der Waals surface area contributed by atoms with Crippen molar-refractivity contribution < 1.29 is 9.53 Å². The van der Waals surface area contributed by atoms with Crippen molar-refractivity contribution in [3.63, 3.8) is 0 Å². The summed E-state index contributed by atoms with van der Waals surface area (Å²) in [6.45, 7) is 0.969. The zero-order valence-electron chi connectivity index (χ0n) is 16.7. The van der Waals surface area contributed by atoms with Crippen LogP contribution in [0.1, 0.15) is 54.8 Å². The number of carbonyl (C=O) groups is 1. The molecule has 2 aliphatic carbocycles. The fourth-order valence-electron chi connectivity index (χ4n) is 4.30. The number of ether oxygens (including phenoxy) is 1. The number of carbonyl (C=O) groups excluding carboxylic acids is 1. The second-order valence-electron chi connectivity index (χ2n) is 8.47. The summed E-state index contributed by atoms with van der Waals surface area (Å²) in [4.78, 5) is 21.8. The molecule has 0 radical (unpaired) electrons. The summed E-state index contributed by atoms with van der Waals surface area (Å²) in [6, 6.07) is 13.0. The molecule has 152 valence electrons. The van der Waals surface area contributed by atoms with E-state index in [4.69, 9.17) is 9.72 Å². The predicted molar refractivity (Wildman–Crippen MR) is 118 cm³/mol. The Hall–Kier alpha value is -2.44. The van der Waals surface area contributed by atoms with Crippen molar-refractivity contribution in [2.75, 3.05) is 5.32 Å². The first-order valence-corrected chi connectivity index (χ1v) is 11.6. The second kappa shape index (κ2) is 7.36. The maximum atomic E-state index is 12.5. The molecular formula is C24H23N3O2S. The van der Waals surface area contributed by atoms with Crippen molar-refractivity contribution in [3.05, 3.63) is 53.2 Å². The van der Waals surface area contributed by atoms with E-state index in [-0.39, 0.29) is 11.0 Å². The number of hydrogen-bond acceptors (Lipinski definition) is 6. The maximum Gasteiger partial charge on any atom is 0.199 e. The van der Waals surface area contributed by atoms with Crippen molar-refractivity contribution in [1.29, 1.82) is 0 Å². The summed E-state index contributed by atoms with van der Waals surface area (Å²) in [7, 11) is 0. The van der Waals surface area contributed by atoms with Gasteiger partial charge in [0.1, 0.15) is 5.82 Å². The molecule has 0 amide bonds. The SMILES string of the molecule is O=C(Sc1nc2c(c(Nc3ccc(C4CC4)c4ccccc34)n1)COC2)C1CCC1. The van der Waals surface area contributed by atoms with Gasteiger partial charge in [-0.3, -0.25) is 4.79 Å². The van der Waals surface area contributed by atoms with E-state index >= 15 is 0 Å². The molecule has 1 aromatic heterocycles. The van der Waals surface area contributed by atoms with Crippen LogP contribution in [-0.2, 0) is 22.7 Å². The predicted octanol–water partition coefficient (Wildman–Crippen LogP) is 5.70. The molecule has 2 heterocycles. The van der Waals surface area contributed by atoms with E-state index in [0.29, 0.717) is 24.3 Å². The van der Waals surface area contributed by atoms with Crippen molar-refractivity contribution in [2.24, 2.45) is 5.92 Å². The van der Waals surface area contributed by atoms with Crippen LogP contribution in [0.25, 0.3) is 10.8 Å². The highest BCUT2D eigenvalue weighted by atomic mass is 32.2. The van der Waals surface area contributed by atoms with Gasteiger partial charge in [-0.1, -0.05) is 36.8 Å². The lowest BCUT2D eigenvalue weighted by atomic mass is 9.87. The summed E-state index contributed by atoms with van der Waals surface area (Å²) in [5.41, 5.74) is 4.35. The van der Waals surface area contributed by atoms with E-state index in [1.165, 1.54) is 40.9 Å².